The number of carboxylic acid groups (broad SMARTS) is 1. The fourth-order valence-electron chi connectivity index (χ4n) is 6.39. The zero-order valence-electron chi connectivity index (χ0n) is 36.3. The number of aliphatic hydroxyl groups is 3. The Morgan fingerprint density at radius 3 is 1.85 bits per heavy atom. The number of aliphatic carboxylic acids is 1. The Kier molecular flexibility index (Phi) is 29.5. The monoisotopic (exact) mass is 875 g/mol. The Morgan fingerprint density at radius 1 is 0.742 bits per heavy atom. The highest BCUT2D eigenvalue weighted by molar-refractivity contribution is 5.75. The van der Waals surface area contributed by atoms with Gasteiger partial charge in [0.05, 0.1) is 31.4 Å². The Bertz CT molecular complexity index is 1570. The van der Waals surface area contributed by atoms with Gasteiger partial charge in [0.25, 0.3) is 0 Å². The van der Waals surface area contributed by atoms with E-state index in [2.05, 4.69) is 41.2 Å². The van der Waals surface area contributed by atoms with Gasteiger partial charge in [-0.05, 0) is 42.7 Å². The van der Waals surface area contributed by atoms with Gasteiger partial charge in [-0.25, -0.2) is 9.59 Å². The number of alkyl carbamates (subject to hydrolysis) is 1. The second-order valence-corrected chi connectivity index (χ2v) is 15.1. The van der Waals surface area contributed by atoms with Crippen molar-refractivity contribution in [2.24, 2.45) is 0 Å². The van der Waals surface area contributed by atoms with E-state index in [9.17, 15) is 44.9 Å². The maximum absolute atomic E-state index is 12.1. The van der Waals surface area contributed by atoms with E-state index in [1.54, 1.807) is 0 Å². The molecule has 348 valence electrons. The van der Waals surface area contributed by atoms with Crippen molar-refractivity contribution in [1.82, 2.24) is 10.6 Å². The van der Waals surface area contributed by atoms with Crippen LogP contribution in [0.25, 0.3) is 0 Å². The molecule has 1 aliphatic heterocycles. The number of unbranched alkanes of at least 4 members (excludes halogenated alkanes) is 16. The number of aliphatic hydroxyl groups excluding tert-OH is 3. The smallest absolute Gasteiger partial charge is 0.407 e. The first-order chi connectivity index (χ1) is 30.0. The van der Waals surface area contributed by atoms with Gasteiger partial charge in [0.2, 0.25) is 12.2 Å². The highest BCUT2D eigenvalue weighted by Gasteiger charge is 2.48. The van der Waals surface area contributed by atoms with Crippen LogP contribution in [0.4, 0.5) is 10.5 Å². The maximum atomic E-state index is 12.1. The van der Waals surface area contributed by atoms with Gasteiger partial charge >= 0.3 is 17.7 Å². The lowest BCUT2D eigenvalue weighted by molar-refractivity contribution is -0.387. The molecule has 1 saturated heterocycles. The Hall–Kier alpha value is -4.49. The number of ether oxygens (including phenoxy) is 5. The molecule has 0 radical (unpaired) electrons. The van der Waals surface area contributed by atoms with E-state index in [-0.39, 0.29) is 37.8 Å². The van der Waals surface area contributed by atoms with Gasteiger partial charge in [-0.1, -0.05) is 108 Å². The molecule has 1 heterocycles. The minimum Gasteiger partial charge on any atom is -0.479 e. The average molecular weight is 876 g/mol. The molecule has 0 aliphatic carbocycles. The summed E-state index contributed by atoms with van der Waals surface area (Å²) in [7, 11) is 0. The van der Waals surface area contributed by atoms with E-state index in [0.717, 1.165) is 63.5 Å². The predicted octanol–water partition coefficient (Wildman–Crippen LogP) is 5.68. The molecule has 0 unspecified atom stereocenters. The summed E-state index contributed by atoms with van der Waals surface area (Å²) in [5.74, 6) is 10.3. The van der Waals surface area contributed by atoms with Gasteiger partial charge in [-0.3, -0.25) is 14.9 Å². The van der Waals surface area contributed by atoms with E-state index < -0.39 is 59.1 Å². The van der Waals surface area contributed by atoms with Crippen molar-refractivity contribution in [3.8, 4) is 29.4 Å². The number of rotatable bonds is 33. The molecule has 1 aromatic rings. The number of nitrogens with one attached hydrogen (secondary N) is 2. The molecule has 17 nitrogen and oxygen atoms in total. The molecule has 62 heavy (non-hydrogen) atoms. The fraction of sp³-hybridized carbons (Fsp3) is 0.711. The molecule has 6 N–H and O–H groups in total. The molecular formula is C45H69N3O14. The number of nitrogens with zero attached hydrogens (tertiary/aromatic N) is 1. The minimum absolute atomic E-state index is 0.00287. The first-order valence-electron chi connectivity index (χ1n) is 22.2. The van der Waals surface area contributed by atoms with E-state index in [0.29, 0.717) is 26.2 Å². The molecule has 1 aliphatic rings. The number of hydrogen-bond donors (Lipinski definition) is 6. The zero-order chi connectivity index (χ0) is 45.2. The van der Waals surface area contributed by atoms with Crippen molar-refractivity contribution in [3.05, 3.63) is 33.9 Å². The number of amides is 2. The second-order valence-electron chi connectivity index (χ2n) is 15.1. The lowest BCUT2D eigenvalue weighted by Crippen LogP contribution is -2.61. The van der Waals surface area contributed by atoms with Crippen LogP contribution in [0.1, 0.15) is 134 Å². The summed E-state index contributed by atoms with van der Waals surface area (Å²) in [5.41, 5.74) is -0.407. The molecule has 1 fully saturated rings. The number of benzene rings is 1. The number of nitro benzene ring substituents is 1. The number of nitro groups is 1. The molecule has 2 rings (SSSR count). The fourth-order valence-corrected chi connectivity index (χ4v) is 6.39. The number of carbonyl (C=O) groups is 3. The van der Waals surface area contributed by atoms with Crippen LogP contribution in [0.3, 0.4) is 0 Å². The third-order valence-electron chi connectivity index (χ3n) is 9.95. The van der Waals surface area contributed by atoms with Crippen LogP contribution >= 0.6 is 0 Å². The van der Waals surface area contributed by atoms with Gasteiger partial charge in [-0.2, -0.15) is 0 Å². The maximum Gasteiger partial charge on any atom is 0.407 e. The normalized spacial score (nSPS) is 18.1. The molecule has 0 spiro atoms. The quantitative estimate of drug-likeness (QED) is 0.0215. The van der Waals surface area contributed by atoms with Crippen molar-refractivity contribution < 1.29 is 63.4 Å². The van der Waals surface area contributed by atoms with Gasteiger partial charge in [-0.15, -0.1) is 0 Å². The summed E-state index contributed by atoms with van der Waals surface area (Å²) in [6.07, 6.45) is 11.5. The standard InChI is InChI=1S/C45H69N3O14/c1-2-3-4-5-6-7-8-9-10-11-12-13-14-15-16-17-18-19-20-21-22-23-24-38(49)46-27-29-58-31-32-59-30-28-47-45(55)60-34-35-25-26-37(36(33-35)48(56)57)61-44-41(52)39(50)40(51)42(62-44)43(53)54/h25-26,33,39-42,44,50-52H,2-12,17-24,27-32,34H2,1H3,(H,46,49)(H,47,55)(H,53,54)/t39-,40-,41+,42-,44+/m0/s1. The Morgan fingerprint density at radius 2 is 1.29 bits per heavy atom. The van der Waals surface area contributed by atoms with E-state index in [1.165, 1.54) is 70.3 Å². The van der Waals surface area contributed by atoms with Gasteiger partial charge in [0.15, 0.2) is 11.9 Å². The molecule has 1 aromatic carbocycles. The van der Waals surface area contributed by atoms with Crippen molar-refractivity contribution in [2.75, 3.05) is 39.5 Å². The van der Waals surface area contributed by atoms with Crippen molar-refractivity contribution in [1.29, 1.82) is 0 Å². The van der Waals surface area contributed by atoms with Crippen LogP contribution in [-0.2, 0) is 35.1 Å². The number of carbonyl (C=O) groups excluding carboxylic acids is 2. The summed E-state index contributed by atoms with van der Waals surface area (Å²) in [4.78, 5) is 46.4. The topological polar surface area (TPSA) is 245 Å². The van der Waals surface area contributed by atoms with Gasteiger partial charge in [0, 0.05) is 38.4 Å². The lowest BCUT2D eigenvalue weighted by Gasteiger charge is -2.38. The van der Waals surface area contributed by atoms with Crippen LogP contribution in [-0.4, -0.2) is 114 Å². The zero-order valence-corrected chi connectivity index (χ0v) is 36.3. The van der Waals surface area contributed by atoms with Crippen LogP contribution in [0, 0.1) is 33.8 Å². The van der Waals surface area contributed by atoms with Gasteiger partial charge < -0.3 is 54.7 Å². The number of carboxylic acids is 1. The lowest BCUT2D eigenvalue weighted by atomic mass is 9.99. The van der Waals surface area contributed by atoms with Crippen LogP contribution in [0.2, 0.25) is 0 Å². The van der Waals surface area contributed by atoms with Crippen molar-refractivity contribution in [3.63, 3.8) is 0 Å². The summed E-state index contributed by atoms with van der Waals surface area (Å²) in [6.45, 7) is 3.50. The minimum atomic E-state index is -1.96. The Balaban J connectivity index is 1.40. The van der Waals surface area contributed by atoms with Crippen LogP contribution < -0.4 is 15.4 Å². The van der Waals surface area contributed by atoms with E-state index in [1.807, 2.05) is 0 Å². The van der Waals surface area contributed by atoms with Crippen LogP contribution in [0.15, 0.2) is 18.2 Å². The van der Waals surface area contributed by atoms with E-state index in [4.69, 9.17) is 23.7 Å². The number of hydrogen-bond acceptors (Lipinski definition) is 13. The Labute approximate surface area is 366 Å². The summed E-state index contributed by atoms with van der Waals surface area (Å²) < 4.78 is 26.3. The molecule has 0 saturated carbocycles. The average Bonchev–Trinajstić information content (AvgIpc) is 3.25. The molecular weight excluding hydrogens is 807 g/mol. The molecule has 5 atom stereocenters. The first-order valence-corrected chi connectivity index (χ1v) is 22.2. The third-order valence-corrected chi connectivity index (χ3v) is 9.95. The predicted molar refractivity (Wildman–Crippen MR) is 230 cm³/mol. The van der Waals surface area contributed by atoms with E-state index >= 15 is 0 Å². The molecule has 0 bridgehead atoms. The molecule has 0 aromatic heterocycles. The highest BCUT2D eigenvalue weighted by Crippen LogP contribution is 2.32. The molecule has 17 heteroatoms. The SMILES string of the molecule is CCCCCCCCCCCCC#CC#CCCCCCCCCC(=O)NCCOCCOCCNC(=O)OCc1ccc(O[C@@H]2O[C@H](C(=O)O)[C@@H](O)[C@H](O)[C@H]2O)c([N+](=O)[O-])c1. The molecule has 2 amide bonds. The van der Waals surface area contributed by atoms with Crippen molar-refractivity contribution in [2.45, 2.75) is 166 Å². The highest BCUT2D eigenvalue weighted by atomic mass is 16.7. The first kappa shape index (κ1) is 53.6. The van der Waals surface area contributed by atoms with Gasteiger partial charge in [0.1, 0.15) is 24.9 Å². The summed E-state index contributed by atoms with van der Waals surface area (Å²) >= 11 is 0. The third kappa shape index (κ3) is 24.2. The second kappa shape index (κ2) is 34.1. The largest absolute Gasteiger partial charge is 0.479 e. The van der Waals surface area contributed by atoms with Crippen LogP contribution in [0.5, 0.6) is 5.75 Å². The van der Waals surface area contributed by atoms with Crippen molar-refractivity contribution >= 4 is 23.7 Å². The summed E-state index contributed by atoms with van der Waals surface area (Å²) in [5, 5.41) is 56.1. The summed E-state index contributed by atoms with van der Waals surface area (Å²) in [6, 6.07) is 3.50.